The number of nitro groups is 1. The molecule has 0 radical (unpaired) electrons. The Kier molecular flexibility index (Phi) is 8.21. The second-order valence-electron chi connectivity index (χ2n) is 6.90. The number of carbonyl (C=O) groups is 4. The van der Waals surface area contributed by atoms with Crippen molar-refractivity contribution in [2.24, 2.45) is 5.41 Å². The summed E-state index contributed by atoms with van der Waals surface area (Å²) in [5.74, 6) is -5.20. The zero-order valence-corrected chi connectivity index (χ0v) is 17.6. The van der Waals surface area contributed by atoms with Gasteiger partial charge in [-0.05, 0) is 30.9 Å². The van der Waals surface area contributed by atoms with E-state index in [4.69, 9.17) is 0 Å². The van der Waals surface area contributed by atoms with Crippen LogP contribution in [0.3, 0.4) is 0 Å². The smallest absolute Gasteiger partial charge is 0.369 e. The number of carbonyl (C=O) groups excluding carboxylic acids is 2. The maximum atomic E-state index is 13.1. The van der Waals surface area contributed by atoms with Gasteiger partial charge in [0.25, 0.3) is 5.69 Å². The number of hydrogen-bond donors (Lipinski definition) is 4. The molecule has 0 heterocycles. The number of carboxylic acids is 2. The van der Waals surface area contributed by atoms with Crippen LogP contribution in [-0.4, -0.2) is 51.7 Å². The number of nitrogens with one attached hydrogen (secondary N) is 2. The number of ether oxygens (including phenoxy) is 1. The Balaban J connectivity index is 3.39. The van der Waals surface area contributed by atoms with Crippen LogP contribution in [0.5, 0.6) is 0 Å². The Bertz CT molecular complexity index is 880. The first kappa shape index (κ1) is 25.5. The topological polar surface area (TPSA) is 185 Å². The summed E-state index contributed by atoms with van der Waals surface area (Å²) in [7, 11) is 0.845. The highest BCUT2D eigenvalue weighted by Gasteiger charge is 2.52. The number of amides is 2. The van der Waals surface area contributed by atoms with Gasteiger partial charge in [0.1, 0.15) is 5.69 Å². The fourth-order valence-corrected chi connectivity index (χ4v) is 3.15. The maximum absolute atomic E-state index is 13.1. The molecule has 0 aliphatic heterocycles. The minimum atomic E-state index is -2.97. The molecule has 1 aromatic rings. The number of anilines is 1. The second-order valence-corrected chi connectivity index (χ2v) is 6.90. The van der Waals surface area contributed by atoms with Crippen molar-refractivity contribution in [1.82, 2.24) is 5.32 Å². The van der Waals surface area contributed by atoms with Crippen LogP contribution in [0.2, 0.25) is 0 Å². The number of rotatable bonds is 11. The minimum Gasteiger partial charge on any atom is -0.477 e. The molecule has 0 aliphatic rings. The average molecular weight is 439 g/mol. The van der Waals surface area contributed by atoms with Gasteiger partial charge in [-0.3, -0.25) is 19.7 Å². The van der Waals surface area contributed by atoms with E-state index in [1.165, 1.54) is 25.1 Å². The van der Waals surface area contributed by atoms with Gasteiger partial charge in [-0.1, -0.05) is 19.9 Å². The van der Waals surface area contributed by atoms with Crippen LogP contribution in [0.15, 0.2) is 18.2 Å². The molecule has 0 saturated heterocycles. The van der Waals surface area contributed by atoms with E-state index in [0.717, 1.165) is 7.11 Å². The molecule has 0 saturated carbocycles. The molecule has 4 N–H and O–H groups in total. The lowest BCUT2D eigenvalue weighted by Crippen LogP contribution is -2.64. The van der Waals surface area contributed by atoms with Crippen molar-refractivity contribution in [3.8, 4) is 0 Å². The Morgan fingerprint density at radius 2 is 1.68 bits per heavy atom. The van der Waals surface area contributed by atoms with Crippen LogP contribution in [0, 0.1) is 15.5 Å². The van der Waals surface area contributed by atoms with Crippen LogP contribution in [0.25, 0.3) is 0 Å². The third-order valence-corrected chi connectivity index (χ3v) is 5.14. The van der Waals surface area contributed by atoms with Crippen molar-refractivity contribution in [3.05, 3.63) is 33.9 Å². The first-order valence-electron chi connectivity index (χ1n) is 9.28. The molecule has 12 nitrogen and oxygen atoms in total. The zero-order chi connectivity index (χ0) is 24.0. The predicted molar refractivity (Wildman–Crippen MR) is 107 cm³/mol. The highest BCUT2D eigenvalue weighted by atomic mass is 16.6. The summed E-state index contributed by atoms with van der Waals surface area (Å²) in [6, 6.07) is 3.95. The summed E-state index contributed by atoms with van der Waals surface area (Å²) in [5, 5.41) is 34.2. The molecule has 0 spiro atoms. The highest BCUT2D eigenvalue weighted by Crippen LogP contribution is 2.35. The molecule has 0 unspecified atom stereocenters. The van der Waals surface area contributed by atoms with Gasteiger partial charge in [0.05, 0.1) is 10.3 Å². The third kappa shape index (κ3) is 5.34. The summed E-state index contributed by atoms with van der Waals surface area (Å²) in [6.45, 7) is 4.52. The zero-order valence-electron chi connectivity index (χ0n) is 17.6. The maximum Gasteiger partial charge on any atom is 0.369 e. The van der Waals surface area contributed by atoms with Crippen LogP contribution in [0.4, 0.5) is 11.4 Å². The number of carboxylic acid groups (broad SMARTS) is 2. The van der Waals surface area contributed by atoms with E-state index in [1.54, 1.807) is 13.8 Å². The first-order valence-corrected chi connectivity index (χ1v) is 9.28. The molecular formula is C19H25N3O9. The number of hydrogen-bond acceptors (Lipinski definition) is 7. The normalized spacial score (nSPS) is 11.5. The Morgan fingerprint density at radius 3 is 2.06 bits per heavy atom. The molecule has 0 aromatic heterocycles. The van der Waals surface area contributed by atoms with Crippen molar-refractivity contribution in [2.75, 3.05) is 12.4 Å². The molecule has 170 valence electrons. The molecule has 12 heteroatoms. The average Bonchev–Trinajstić information content (AvgIpc) is 2.69. The van der Waals surface area contributed by atoms with Gasteiger partial charge in [-0.25, -0.2) is 9.59 Å². The number of methoxy groups -OCH3 is 1. The summed E-state index contributed by atoms with van der Waals surface area (Å²) in [5.41, 5.74) is -4.17. The van der Waals surface area contributed by atoms with Gasteiger partial charge < -0.3 is 25.6 Å². The van der Waals surface area contributed by atoms with Crippen molar-refractivity contribution >= 4 is 35.1 Å². The predicted octanol–water partition coefficient (Wildman–Crippen LogP) is 1.53. The molecule has 0 atom stereocenters. The van der Waals surface area contributed by atoms with E-state index < -0.39 is 39.8 Å². The van der Waals surface area contributed by atoms with Gasteiger partial charge in [-0.15, -0.1) is 0 Å². The largest absolute Gasteiger partial charge is 0.477 e. The Morgan fingerprint density at radius 1 is 1.13 bits per heavy atom. The first-order chi connectivity index (χ1) is 14.4. The lowest BCUT2D eigenvalue weighted by Gasteiger charge is -2.34. The molecule has 1 aromatic carbocycles. The van der Waals surface area contributed by atoms with Crippen LogP contribution >= 0.6 is 0 Å². The van der Waals surface area contributed by atoms with Gasteiger partial charge in [-0.2, -0.15) is 0 Å². The Hall–Kier alpha value is -3.54. The van der Waals surface area contributed by atoms with E-state index in [1.807, 2.05) is 5.32 Å². The molecule has 0 bridgehead atoms. The molecule has 0 aliphatic carbocycles. The van der Waals surface area contributed by atoms with Gasteiger partial charge in [0.15, 0.2) is 0 Å². The number of nitro benzene ring substituents is 1. The summed E-state index contributed by atoms with van der Waals surface area (Å²) in [4.78, 5) is 58.0. The van der Waals surface area contributed by atoms with E-state index >= 15 is 0 Å². The number of aliphatic carboxylic acids is 2. The van der Waals surface area contributed by atoms with E-state index in [-0.39, 0.29) is 30.6 Å². The molecule has 31 heavy (non-hydrogen) atoms. The van der Waals surface area contributed by atoms with Gasteiger partial charge in [0, 0.05) is 20.1 Å². The molecule has 0 fully saturated rings. The SMILES string of the molecule is CCC(CC)(Cc1ccc([N+](=O)[O-])c(NC(C)=O)c1)C(=O)NC(OC)(C(=O)O)C(=O)O. The summed E-state index contributed by atoms with van der Waals surface area (Å²) in [6.07, 6.45) is 0.386. The van der Waals surface area contributed by atoms with Crippen molar-refractivity contribution in [3.63, 3.8) is 0 Å². The quantitative estimate of drug-likeness (QED) is 0.172. The minimum absolute atomic E-state index is 0.00452. The fraction of sp³-hybridized carbons (Fsp3) is 0.474. The van der Waals surface area contributed by atoms with Gasteiger partial charge in [0.2, 0.25) is 11.8 Å². The highest BCUT2D eigenvalue weighted by molar-refractivity contribution is 6.05. The van der Waals surface area contributed by atoms with Gasteiger partial charge >= 0.3 is 17.7 Å². The molecular weight excluding hydrogens is 414 g/mol. The van der Waals surface area contributed by atoms with E-state index in [9.17, 15) is 39.5 Å². The van der Waals surface area contributed by atoms with Crippen molar-refractivity contribution in [2.45, 2.75) is 45.8 Å². The third-order valence-electron chi connectivity index (χ3n) is 5.14. The molecule has 2 amide bonds. The summed E-state index contributed by atoms with van der Waals surface area (Å²) < 4.78 is 4.62. The number of benzene rings is 1. The van der Waals surface area contributed by atoms with Crippen molar-refractivity contribution < 1.29 is 39.1 Å². The Labute approximate surface area is 177 Å². The van der Waals surface area contributed by atoms with Crippen LogP contribution in [-0.2, 0) is 30.3 Å². The second kappa shape index (κ2) is 9.98. The lowest BCUT2D eigenvalue weighted by molar-refractivity contribution is -0.383. The van der Waals surface area contributed by atoms with Crippen molar-refractivity contribution in [1.29, 1.82) is 0 Å². The number of nitrogens with zero attached hydrogens (tertiary/aromatic N) is 1. The standard InChI is InChI=1S/C19H25N3O9/c1-5-18(6-2,15(24)21-19(31-4,16(25)26)17(27)28)10-12-7-8-14(22(29)30)13(9-12)20-11(3)23/h7-9H,5-6,10H2,1-4H3,(H,20,23)(H,21,24)(H,25,26)(H,27,28). The summed E-state index contributed by atoms with van der Waals surface area (Å²) >= 11 is 0. The van der Waals surface area contributed by atoms with Crippen LogP contribution in [0.1, 0.15) is 39.2 Å². The van der Waals surface area contributed by atoms with E-state index in [2.05, 4.69) is 10.1 Å². The molecule has 1 rings (SSSR count). The fourth-order valence-electron chi connectivity index (χ4n) is 3.15. The van der Waals surface area contributed by atoms with E-state index in [0.29, 0.717) is 5.56 Å². The van der Waals surface area contributed by atoms with Crippen LogP contribution < -0.4 is 10.6 Å². The monoisotopic (exact) mass is 439 g/mol. The lowest BCUT2D eigenvalue weighted by atomic mass is 9.75.